The molecule has 2 aromatic carbocycles. The topological polar surface area (TPSA) is 136 Å². The second-order valence-corrected chi connectivity index (χ2v) is 7.40. The van der Waals surface area contributed by atoms with E-state index in [2.05, 4.69) is 10.6 Å². The first kappa shape index (κ1) is 22.2. The maximum absolute atomic E-state index is 12.4. The lowest BCUT2D eigenvalue weighted by atomic mass is 10.1. The number of rotatable bonds is 8. The van der Waals surface area contributed by atoms with Gasteiger partial charge < -0.3 is 34.4 Å². The number of hydrogen-bond acceptors (Lipinski definition) is 8. The van der Waals surface area contributed by atoms with E-state index in [4.69, 9.17) is 18.6 Å². The molecule has 172 valence electrons. The monoisotopic (exact) mass is 454 g/mol. The molecule has 3 N–H and O–H groups in total. The standard InChI is InChI=1S/C23H22N2O8/c1-13-6-22(28)33-19-8-15(3-4-16(13)19)30-11-21(27)25-17(10-26)23(29)24-9-14-2-5-18-20(7-14)32-12-31-18/h2-8,17,26H,9-12H2,1H3,(H,24,29)(H,25,27). The summed E-state index contributed by atoms with van der Waals surface area (Å²) >= 11 is 0. The highest BCUT2D eigenvalue weighted by molar-refractivity contribution is 5.88. The number of hydrogen-bond donors (Lipinski definition) is 3. The molecule has 1 atom stereocenters. The molecule has 10 nitrogen and oxygen atoms in total. The molecule has 2 amide bonds. The molecule has 4 rings (SSSR count). The van der Waals surface area contributed by atoms with Crippen molar-refractivity contribution in [2.45, 2.75) is 19.5 Å². The zero-order valence-corrected chi connectivity index (χ0v) is 17.8. The number of benzene rings is 2. The Balaban J connectivity index is 1.29. The van der Waals surface area contributed by atoms with E-state index < -0.39 is 36.7 Å². The van der Waals surface area contributed by atoms with Crippen LogP contribution in [0.3, 0.4) is 0 Å². The van der Waals surface area contributed by atoms with E-state index in [9.17, 15) is 19.5 Å². The van der Waals surface area contributed by atoms with Crippen molar-refractivity contribution in [3.05, 3.63) is 64.0 Å². The van der Waals surface area contributed by atoms with Crippen LogP contribution in [0.15, 0.2) is 51.7 Å². The number of nitrogens with one attached hydrogen (secondary N) is 2. The Bertz CT molecular complexity index is 1250. The van der Waals surface area contributed by atoms with Crippen molar-refractivity contribution in [2.24, 2.45) is 0 Å². The molecule has 0 spiro atoms. The van der Waals surface area contributed by atoms with Crippen LogP contribution in [0, 0.1) is 6.92 Å². The van der Waals surface area contributed by atoms with Crippen LogP contribution in [-0.2, 0) is 16.1 Å². The lowest BCUT2D eigenvalue weighted by Crippen LogP contribution is -2.49. The van der Waals surface area contributed by atoms with Gasteiger partial charge in [0, 0.05) is 24.1 Å². The maximum Gasteiger partial charge on any atom is 0.336 e. The Kier molecular flexibility index (Phi) is 6.45. The van der Waals surface area contributed by atoms with E-state index in [1.807, 2.05) is 0 Å². The Hall–Kier alpha value is -4.05. The van der Waals surface area contributed by atoms with Gasteiger partial charge in [0.1, 0.15) is 17.4 Å². The highest BCUT2D eigenvalue weighted by Gasteiger charge is 2.20. The molecule has 0 radical (unpaired) electrons. The molecule has 1 aliphatic rings. The molecule has 33 heavy (non-hydrogen) atoms. The highest BCUT2D eigenvalue weighted by atomic mass is 16.7. The third-order valence-electron chi connectivity index (χ3n) is 5.03. The Labute approximate surface area is 188 Å². The zero-order chi connectivity index (χ0) is 23.4. The largest absolute Gasteiger partial charge is 0.484 e. The number of ether oxygens (including phenoxy) is 3. The molecule has 0 saturated carbocycles. The smallest absolute Gasteiger partial charge is 0.336 e. The van der Waals surface area contributed by atoms with Gasteiger partial charge in [0.05, 0.1) is 6.61 Å². The van der Waals surface area contributed by atoms with Gasteiger partial charge in [0.2, 0.25) is 12.7 Å². The minimum absolute atomic E-state index is 0.152. The molecule has 1 aromatic heterocycles. The number of fused-ring (bicyclic) bond motifs is 2. The maximum atomic E-state index is 12.4. The summed E-state index contributed by atoms with van der Waals surface area (Å²) in [5.41, 5.74) is 1.40. The van der Waals surface area contributed by atoms with Crippen molar-refractivity contribution in [1.29, 1.82) is 0 Å². The first-order valence-electron chi connectivity index (χ1n) is 10.2. The lowest BCUT2D eigenvalue weighted by Gasteiger charge is -2.16. The zero-order valence-electron chi connectivity index (χ0n) is 17.8. The van der Waals surface area contributed by atoms with Gasteiger partial charge in [-0.3, -0.25) is 9.59 Å². The van der Waals surface area contributed by atoms with Gasteiger partial charge in [-0.2, -0.15) is 0 Å². The van der Waals surface area contributed by atoms with Crippen molar-refractivity contribution < 1.29 is 33.3 Å². The molecular formula is C23H22N2O8. The molecule has 0 fully saturated rings. The lowest BCUT2D eigenvalue weighted by molar-refractivity contribution is -0.131. The van der Waals surface area contributed by atoms with E-state index in [0.29, 0.717) is 22.8 Å². The first-order chi connectivity index (χ1) is 15.9. The molecule has 2 heterocycles. The summed E-state index contributed by atoms with van der Waals surface area (Å²) in [7, 11) is 0. The normalized spacial score (nSPS) is 12.9. The SMILES string of the molecule is Cc1cc(=O)oc2cc(OCC(=O)NC(CO)C(=O)NCc3ccc4c(c3)OCO4)ccc12. The highest BCUT2D eigenvalue weighted by Crippen LogP contribution is 2.32. The number of carbonyl (C=O) groups is 2. The van der Waals surface area contributed by atoms with Crippen LogP contribution >= 0.6 is 0 Å². The quantitative estimate of drug-likeness (QED) is 0.429. The summed E-state index contributed by atoms with van der Waals surface area (Å²) in [4.78, 5) is 36.2. The minimum atomic E-state index is -1.15. The van der Waals surface area contributed by atoms with Gasteiger partial charge in [-0.1, -0.05) is 6.07 Å². The second-order valence-electron chi connectivity index (χ2n) is 7.40. The molecule has 1 unspecified atom stereocenters. The average molecular weight is 454 g/mol. The fourth-order valence-corrected chi connectivity index (χ4v) is 3.34. The van der Waals surface area contributed by atoms with Gasteiger partial charge in [0.25, 0.3) is 5.91 Å². The Morgan fingerprint density at radius 1 is 1.12 bits per heavy atom. The second kappa shape index (κ2) is 9.61. The van der Waals surface area contributed by atoms with E-state index in [0.717, 1.165) is 16.5 Å². The summed E-state index contributed by atoms with van der Waals surface area (Å²) in [6.07, 6.45) is 0. The Morgan fingerprint density at radius 3 is 2.76 bits per heavy atom. The van der Waals surface area contributed by atoms with Gasteiger partial charge in [-0.15, -0.1) is 0 Å². The molecule has 0 saturated heterocycles. The van der Waals surface area contributed by atoms with Crippen molar-refractivity contribution in [3.8, 4) is 17.2 Å². The fourth-order valence-electron chi connectivity index (χ4n) is 3.34. The van der Waals surface area contributed by atoms with Crippen LogP contribution in [-0.4, -0.2) is 43.0 Å². The minimum Gasteiger partial charge on any atom is -0.484 e. The fraction of sp³-hybridized carbons (Fsp3) is 0.261. The third-order valence-corrected chi connectivity index (χ3v) is 5.03. The van der Waals surface area contributed by atoms with Crippen LogP contribution in [0.4, 0.5) is 0 Å². The van der Waals surface area contributed by atoms with Gasteiger partial charge in [-0.25, -0.2) is 4.79 Å². The predicted molar refractivity (Wildman–Crippen MR) is 116 cm³/mol. The predicted octanol–water partition coefficient (Wildman–Crippen LogP) is 1.00. The Morgan fingerprint density at radius 2 is 1.94 bits per heavy atom. The van der Waals surface area contributed by atoms with Gasteiger partial charge in [0.15, 0.2) is 18.1 Å². The summed E-state index contributed by atoms with van der Waals surface area (Å²) in [6, 6.07) is 10.4. The average Bonchev–Trinajstić information content (AvgIpc) is 3.27. The van der Waals surface area contributed by atoms with Crippen LogP contribution < -0.4 is 30.5 Å². The third kappa shape index (κ3) is 5.24. The van der Waals surface area contributed by atoms with E-state index in [-0.39, 0.29) is 13.3 Å². The van der Waals surface area contributed by atoms with E-state index in [1.54, 1.807) is 37.3 Å². The number of aliphatic hydroxyl groups excluding tert-OH is 1. The van der Waals surface area contributed by atoms with Crippen LogP contribution in [0.25, 0.3) is 11.0 Å². The van der Waals surface area contributed by atoms with Crippen molar-refractivity contribution in [2.75, 3.05) is 20.0 Å². The molecular weight excluding hydrogens is 432 g/mol. The molecule has 1 aliphatic heterocycles. The van der Waals surface area contributed by atoms with Crippen molar-refractivity contribution in [1.82, 2.24) is 10.6 Å². The van der Waals surface area contributed by atoms with E-state index in [1.165, 1.54) is 12.1 Å². The van der Waals surface area contributed by atoms with Crippen molar-refractivity contribution in [3.63, 3.8) is 0 Å². The van der Waals surface area contributed by atoms with Crippen molar-refractivity contribution >= 4 is 22.8 Å². The van der Waals surface area contributed by atoms with Gasteiger partial charge >= 0.3 is 5.63 Å². The summed E-state index contributed by atoms with van der Waals surface area (Å²) in [6.45, 7) is 1.14. The number of aliphatic hydroxyl groups is 1. The van der Waals surface area contributed by atoms with Crippen LogP contribution in [0.5, 0.6) is 17.2 Å². The summed E-state index contributed by atoms with van der Waals surface area (Å²) in [5, 5.41) is 15.4. The number of amides is 2. The molecule has 0 aliphatic carbocycles. The molecule has 3 aromatic rings. The number of aryl methyl sites for hydroxylation is 1. The molecule has 10 heteroatoms. The van der Waals surface area contributed by atoms with E-state index >= 15 is 0 Å². The van der Waals surface area contributed by atoms with Gasteiger partial charge in [-0.05, 0) is 42.3 Å². The first-order valence-corrected chi connectivity index (χ1v) is 10.2. The van der Waals surface area contributed by atoms with Crippen LogP contribution in [0.1, 0.15) is 11.1 Å². The molecule has 0 bridgehead atoms. The number of carbonyl (C=O) groups excluding carboxylic acids is 2. The summed E-state index contributed by atoms with van der Waals surface area (Å²) in [5.74, 6) is 0.395. The summed E-state index contributed by atoms with van der Waals surface area (Å²) < 4.78 is 21.1. The van der Waals surface area contributed by atoms with Crippen LogP contribution in [0.2, 0.25) is 0 Å².